The summed E-state index contributed by atoms with van der Waals surface area (Å²) in [5.41, 5.74) is 0.440. The minimum atomic E-state index is -1.13. The molecule has 0 fully saturated rings. The van der Waals surface area contributed by atoms with Gasteiger partial charge in [-0.15, -0.1) is 0 Å². The van der Waals surface area contributed by atoms with Gasteiger partial charge in [0.25, 0.3) is 0 Å². The van der Waals surface area contributed by atoms with Gasteiger partial charge in [-0.25, -0.2) is 0 Å². The summed E-state index contributed by atoms with van der Waals surface area (Å²) >= 11 is 0. The van der Waals surface area contributed by atoms with Gasteiger partial charge >= 0.3 is 45.5 Å². The molecule has 2 aromatic rings. The van der Waals surface area contributed by atoms with E-state index in [0.29, 0.717) is 0 Å². The summed E-state index contributed by atoms with van der Waals surface area (Å²) in [7, 11) is 0. The van der Waals surface area contributed by atoms with E-state index in [4.69, 9.17) is 0 Å². The molecule has 19 heavy (non-hydrogen) atoms. The van der Waals surface area contributed by atoms with Gasteiger partial charge in [0.15, 0.2) is 0 Å². The van der Waals surface area contributed by atoms with Crippen molar-refractivity contribution >= 4 is 57.4 Å². The third-order valence-corrected chi connectivity index (χ3v) is 2.02. The zero-order valence-electron chi connectivity index (χ0n) is 10.1. The average Bonchev–Trinajstić information content (AvgIpc) is 2.41. The van der Waals surface area contributed by atoms with Crippen LogP contribution in [-0.2, 0) is 0 Å². The number of hydrogen-bond acceptors (Lipinski definition) is 4. The SMILES string of the molecule is O=C([O-])c1ccccc1.O=C([O-])c1ccccc1.[Sr+2]. The monoisotopic (exact) mass is 330 g/mol. The second-order valence-electron chi connectivity index (χ2n) is 3.31. The molecule has 4 nitrogen and oxygen atoms in total. The molecule has 0 heterocycles. The van der Waals surface area contributed by atoms with Crippen molar-refractivity contribution in [3.8, 4) is 0 Å². The zero-order chi connectivity index (χ0) is 13.4. The van der Waals surface area contributed by atoms with Crippen molar-refractivity contribution in [2.75, 3.05) is 0 Å². The number of carboxylic acids is 2. The van der Waals surface area contributed by atoms with E-state index in [-0.39, 0.29) is 56.6 Å². The Morgan fingerprint density at radius 2 is 0.895 bits per heavy atom. The standard InChI is InChI=1S/2C7H6O2.Sr/c2*8-7(9)6-4-2-1-3-5-6;/h2*1-5H,(H,8,9);/q;;+2/p-2. The molecule has 0 amide bonds. The predicted molar refractivity (Wildman–Crippen MR) is 67.3 cm³/mol. The molecule has 0 spiro atoms. The summed E-state index contributed by atoms with van der Waals surface area (Å²) in [6.45, 7) is 0. The summed E-state index contributed by atoms with van der Waals surface area (Å²) < 4.78 is 0. The van der Waals surface area contributed by atoms with Crippen LogP contribution in [-0.4, -0.2) is 57.4 Å². The fourth-order valence-electron chi connectivity index (χ4n) is 1.15. The van der Waals surface area contributed by atoms with Gasteiger partial charge in [0.2, 0.25) is 0 Å². The van der Waals surface area contributed by atoms with Crippen LogP contribution in [0.5, 0.6) is 0 Å². The van der Waals surface area contributed by atoms with Gasteiger partial charge in [0, 0.05) is 0 Å². The molecule has 0 aliphatic rings. The molecule has 0 aliphatic carbocycles. The largest absolute Gasteiger partial charge is 2.00 e. The van der Waals surface area contributed by atoms with Crippen molar-refractivity contribution in [3.05, 3.63) is 71.8 Å². The van der Waals surface area contributed by atoms with E-state index in [0.717, 1.165) is 0 Å². The minimum Gasteiger partial charge on any atom is -0.545 e. The van der Waals surface area contributed by atoms with Gasteiger partial charge < -0.3 is 19.8 Å². The van der Waals surface area contributed by atoms with E-state index < -0.39 is 11.9 Å². The van der Waals surface area contributed by atoms with Crippen molar-refractivity contribution in [2.45, 2.75) is 0 Å². The Hall–Kier alpha value is -1.14. The van der Waals surface area contributed by atoms with Crippen molar-refractivity contribution in [1.29, 1.82) is 0 Å². The van der Waals surface area contributed by atoms with Crippen molar-refractivity contribution < 1.29 is 19.8 Å². The number of rotatable bonds is 2. The molecule has 0 radical (unpaired) electrons. The second-order valence-corrected chi connectivity index (χ2v) is 3.31. The van der Waals surface area contributed by atoms with Crippen LogP contribution in [0.2, 0.25) is 0 Å². The maximum absolute atomic E-state index is 10.1. The number of benzene rings is 2. The zero-order valence-corrected chi connectivity index (χ0v) is 13.6. The maximum atomic E-state index is 10.1. The molecular formula is C14H10O4Sr. The molecule has 0 saturated heterocycles. The fraction of sp³-hybridized carbons (Fsp3) is 0. The Kier molecular flexibility index (Phi) is 9.16. The minimum absolute atomic E-state index is 0. The van der Waals surface area contributed by atoms with Crippen LogP contribution >= 0.6 is 0 Å². The Bertz CT molecular complexity index is 462. The van der Waals surface area contributed by atoms with Crippen molar-refractivity contribution in [1.82, 2.24) is 0 Å². The van der Waals surface area contributed by atoms with Gasteiger partial charge in [-0.3, -0.25) is 0 Å². The Morgan fingerprint density at radius 3 is 1.05 bits per heavy atom. The molecule has 0 unspecified atom stereocenters. The third-order valence-electron chi connectivity index (χ3n) is 2.02. The second kappa shape index (κ2) is 9.75. The topological polar surface area (TPSA) is 80.3 Å². The van der Waals surface area contributed by atoms with Crippen LogP contribution in [0.1, 0.15) is 20.7 Å². The van der Waals surface area contributed by atoms with E-state index in [2.05, 4.69) is 0 Å². The molecule has 0 aromatic heterocycles. The molecule has 2 rings (SSSR count). The summed E-state index contributed by atoms with van der Waals surface area (Å²) in [4.78, 5) is 20.2. The molecule has 5 heteroatoms. The number of aromatic carboxylic acids is 2. The van der Waals surface area contributed by atoms with Gasteiger partial charge in [-0.2, -0.15) is 0 Å². The van der Waals surface area contributed by atoms with E-state index in [9.17, 15) is 19.8 Å². The Morgan fingerprint density at radius 1 is 0.632 bits per heavy atom. The number of carboxylic acid groups (broad SMARTS) is 2. The van der Waals surface area contributed by atoms with E-state index in [1.54, 1.807) is 36.4 Å². The van der Waals surface area contributed by atoms with E-state index in [1.165, 1.54) is 24.3 Å². The molecule has 2 aromatic carbocycles. The first-order chi connectivity index (χ1) is 8.61. The maximum Gasteiger partial charge on any atom is 2.00 e. The molecule has 0 saturated carbocycles. The number of carbonyl (C=O) groups excluding carboxylic acids is 2. The smallest absolute Gasteiger partial charge is 0.545 e. The van der Waals surface area contributed by atoms with Gasteiger partial charge in [0.05, 0.1) is 11.9 Å². The van der Waals surface area contributed by atoms with E-state index in [1.807, 2.05) is 0 Å². The fourth-order valence-corrected chi connectivity index (χ4v) is 1.15. The first kappa shape index (κ1) is 17.9. The Balaban J connectivity index is 0.000000324. The summed E-state index contributed by atoms with van der Waals surface area (Å²) in [5.74, 6) is -2.26. The predicted octanol–water partition coefficient (Wildman–Crippen LogP) is -0.281. The van der Waals surface area contributed by atoms with Gasteiger partial charge in [0.1, 0.15) is 0 Å². The molecule has 0 aliphatic heterocycles. The quantitative estimate of drug-likeness (QED) is 0.710. The van der Waals surface area contributed by atoms with Crippen LogP contribution in [0.3, 0.4) is 0 Å². The van der Waals surface area contributed by atoms with Crippen molar-refractivity contribution in [3.63, 3.8) is 0 Å². The number of hydrogen-bond donors (Lipinski definition) is 0. The molecule has 0 bridgehead atoms. The average molecular weight is 330 g/mol. The third kappa shape index (κ3) is 7.12. The molecular weight excluding hydrogens is 320 g/mol. The molecule has 92 valence electrons. The van der Waals surface area contributed by atoms with Crippen LogP contribution in [0.25, 0.3) is 0 Å². The van der Waals surface area contributed by atoms with Crippen LogP contribution in [0.4, 0.5) is 0 Å². The van der Waals surface area contributed by atoms with Gasteiger partial charge in [-0.1, -0.05) is 60.7 Å². The van der Waals surface area contributed by atoms with Crippen LogP contribution in [0.15, 0.2) is 60.7 Å². The summed E-state index contributed by atoms with van der Waals surface area (Å²) in [5, 5.41) is 20.2. The van der Waals surface area contributed by atoms with Crippen LogP contribution in [0, 0.1) is 0 Å². The first-order valence-electron chi connectivity index (χ1n) is 5.14. The Labute approximate surface area is 148 Å². The van der Waals surface area contributed by atoms with E-state index >= 15 is 0 Å². The molecule has 0 atom stereocenters. The first-order valence-corrected chi connectivity index (χ1v) is 5.14. The van der Waals surface area contributed by atoms with Crippen LogP contribution < -0.4 is 10.2 Å². The summed E-state index contributed by atoms with van der Waals surface area (Å²) in [6, 6.07) is 16.1. The molecule has 0 N–H and O–H groups in total. The summed E-state index contributed by atoms with van der Waals surface area (Å²) in [6.07, 6.45) is 0. The number of carbonyl (C=O) groups is 2. The van der Waals surface area contributed by atoms with Crippen molar-refractivity contribution in [2.24, 2.45) is 0 Å². The van der Waals surface area contributed by atoms with Gasteiger partial charge in [-0.05, 0) is 11.1 Å². The normalized spacial score (nSPS) is 8.42.